The molecule has 1 aliphatic heterocycles. The van der Waals surface area contributed by atoms with E-state index in [0.717, 1.165) is 52.0 Å². The van der Waals surface area contributed by atoms with E-state index in [9.17, 15) is 9.90 Å². The van der Waals surface area contributed by atoms with Gasteiger partial charge in [0, 0.05) is 37.7 Å². The van der Waals surface area contributed by atoms with Crippen LogP contribution in [0.25, 0.3) is 22.2 Å². The molecule has 1 aliphatic rings. The van der Waals surface area contributed by atoms with Crippen molar-refractivity contribution in [1.29, 1.82) is 0 Å². The predicted molar refractivity (Wildman–Crippen MR) is 223 cm³/mol. The molecule has 57 heavy (non-hydrogen) atoms. The van der Waals surface area contributed by atoms with Crippen LogP contribution in [0.4, 0.5) is 0 Å². The lowest BCUT2D eigenvalue weighted by Gasteiger charge is -2.43. The molecule has 1 amide bonds. The highest BCUT2D eigenvalue weighted by Gasteiger charge is 2.39. The first-order chi connectivity index (χ1) is 28.0. The Balaban J connectivity index is 1.03. The molecule has 8 nitrogen and oxygen atoms in total. The average molecular weight is 755 g/mol. The second-order valence-electron chi connectivity index (χ2n) is 14.7. The number of para-hydroxylation sites is 2. The van der Waals surface area contributed by atoms with Gasteiger partial charge in [-0.2, -0.15) is 0 Å². The lowest BCUT2D eigenvalue weighted by atomic mass is 9.89. The van der Waals surface area contributed by atoms with E-state index in [1.165, 1.54) is 17.3 Å². The van der Waals surface area contributed by atoms with E-state index in [1.54, 1.807) is 0 Å². The first-order valence-electron chi connectivity index (χ1n) is 19.5. The molecule has 2 heterocycles. The van der Waals surface area contributed by atoms with Crippen molar-refractivity contribution in [1.82, 2.24) is 20.2 Å². The van der Waals surface area contributed by atoms with E-state index in [0.29, 0.717) is 18.6 Å². The van der Waals surface area contributed by atoms with Crippen molar-refractivity contribution in [2.24, 2.45) is 5.92 Å². The number of hydrogen-bond acceptors (Lipinski definition) is 7. The molecule has 286 valence electrons. The lowest BCUT2D eigenvalue weighted by molar-refractivity contribution is -0.276. The van der Waals surface area contributed by atoms with Gasteiger partial charge in [-0.15, -0.1) is 0 Å². The minimum atomic E-state index is -0.601. The van der Waals surface area contributed by atoms with Gasteiger partial charge in [0.15, 0.2) is 6.29 Å². The van der Waals surface area contributed by atoms with Crippen LogP contribution in [0.1, 0.15) is 63.2 Å². The van der Waals surface area contributed by atoms with Gasteiger partial charge in [-0.1, -0.05) is 153 Å². The van der Waals surface area contributed by atoms with Crippen molar-refractivity contribution in [3.63, 3.8) is 0 Å². The van der Waals surface area contributed by atoms with Crippen molar-refractivity contribution in [2.45, 2.75) is 51.7 Å². The van der Waals surface area contributed by atoms with Crippen molar-refractivity contribution < 1.29 is 19.4 Å². The minimum Gasteiger partial charge on any atom is -0.392 e. The number of hydrogen-bond donors (Lipinski definition) is 2. The van der Waals surface area contributed by atoms with E-state index >= 15 is 0 Å². The first-order valence-corrected chi connectivity index (χ1v) is 19.5. The highest BCUT2D eigenvalue weighted by molar-refractivity contribution is 5.93. The summed E-state index contributed by atoms with van der Waals surface area (Å²) in [5, 5.41) is 12.8. The number of nitrogens with one attached hydrogen (secondary N) is 1. The summed E-state index contributed by atoms with van der Waals surface area (Å²) in [7, 11) is 0. The number of fused-ring (bicyclic) bond motifs is 1. The molecule has 7 aromatic rings. The molecule has 0 spiro atoms. The van der Waals surface area contributed by atoms with E-state index in [-0.39, 0.29) is 36.3 Å². The van der Waals surface area contributed by atoms with E-state index < -0.39 is 6.29 Å². The van der Waals surface area contributed by atoms with Gasteiger partial charge in [0.1, 0.15) is 5.69 Å². The highest BCUT2D eigenvalue weighted by atomic mass is 16.7. The Hall–Kier alpha value is -6.03. The van der Waals surface area contributed by atoms with Crippen LogP contribution in [0.5, 0.6) is 0 Å². The maximum absolute atomic E-state index is 13.1. The number of nitrogens with zero attached hydrogens (tertiary/aromatic N) is 3. The smallest absolute Gasteiger partial charge is 0.271 e. The molecule has 1 fully saturated rings. The molecule has 6 aromatic carbocycles. The number of amides is 1. The Kier molecular flexibility index (Phi) is 11.8. The van der Waals surface area contributed by atoms with E-state index in [1.807, 2.05) is 54.6 Å². The molecule has 4 unspecified atom stereocenters. The molecule has 1 saturated heterocycles. The van der Waals surface area contributed by atoms with Crippen molar-refractivity contribution in [3.05, 3.63) is 203 Å². The molecule has 1 aromatic heterocycles. The van der Waals surface area contributed by atoms with Gasteiger partial charge >= 0.3 is 0 Å². The Morgan fingerprint density at radius 3 is 1.98 bits per heavy atom. The zero-order valence-electron chi connectivity index (χ0n) is 31.9. The van der Waals surface area contributed by atoms with Crippen LogP contribution in [0.15, 0.2) is 164 Å². The maximum atomic E-state index is 13.1. The fraction of sp³-hybridized carbons (Fsp3) is 0.204. The van der Waals surface area contributed by atoms with Crippen LogP contribution in [-0.4, -0.2) is 38.5 Å². The summed E-state index contributed by atoms with van der Waals surface area (Å²) in [5.41, 5.74) is 10.1. The van der Waals surface area contributed by atoms with Gasteiger partial charge in [0.2, 0.25) is 0 Å². The summed E-state index contributed by atoms with van der Waals surface area (Å²) in [6, 6.07) is 53.1. The van der Waals surface area contributed by atoms with Crippen molar-refractivity contribution >= 4 is 16.9 Å². The van der Waals surface area contributed by atoms with Crippen LogP contribution in [0.3, 0.4) is 0 Å². The van der Waals surface area contributed by atoms with E-state index in [4.69, 9.17) is 9.47 Å². The number of carbonyl (C=O) groups is 1. The second-order valence-corrected chi connectivity index (χ2v) is 14.7. The molecular formula is C49H46N4O4. The van der Waals surface area contributed by atoms with Gasteiger partial charge in [-0.05, 0) is 51.1 Å². The zero-order valence-corrected chi connectivity index (χ0v) is 31.9. The summed E-state index contributed by atoms with van der Waals surface area (Å²) in [5.74, 6) is -0.238. The number of aromatic nitrogens is 2. The SMILES string of the molecule is CC1C(CN(Cc2ccccc2)Cc2ccccc2)OC(c2ccc(-c3ccccc3CNC(=O)c3cnc4ccccc4n3)cc2)OC1c1ccc(CO)cc1. The number of carbonyl (C=O) groups excluding carboxylic acids is 1. The Bertz CT molecular complexity index is 2350. The summed E-state index contributed by atoms with van der Waals surface area (Å²) in [6.07, 6.45) is 0.542. The van der Waals surface area contributed by atoms with Gasteiger partial charge in [-0.25, -0.2) is 4.98 Å². The monoisotopic (exact) mass is 754 g/mol. The maximum Gasteiger partial charge on any atom is 0.271 e. The van der Waals surface area contributed by atoms with Gasteiger partial charge in [-0.3, -0.25) is 14.7 Å². The third-order valence-electron chi connectivity index (χ3n) is 10.7. The molecular weight excluding hydrogens is 709 g/mol. The number of aliphatic hydroxyl groups is 1. The molecule has 0 saturated carbocycles. The average Bonchev–Trinajstić information content (AvgIpc) is 3.27. The molecule has 8 heteroatoms. The summed E-state index contributed by atoms with van der Waals surface area (Å²) in [4.78, 5) is 24.5. The summed E-state index contributed by atoms with van der Waals surface area (Å²) < 4.78 is 13.8. The quantitative estimate of drug-likeness (QED) is 0.121. The molecule has 8 rings (SSSR count). The fourth-order valence-electron chi connectivity index (χ4n) is 7.56. The van der Waals surface area contributed by atoms with Crippen molar-refractivity contribution in [3.8, 4) is 11.1 Å². The highest BCUT2D eigenvalue weighted by Crippen LogP contribution is 2.42. The van der Waals surface area contributed by atoms with Crippen LogP contribution < -0.4 is 5.32 Å². The normalized spacial score (nSPS) is 18.1. The summed E-state index contributed by atoms with van der Waals surface area (Å²) >= 11 is 0. The number of rotatable bonds is 13. The molecule has 2 N–H and O–H groups in total. The molecule has 0 bridgehead atoms. The second kappa shape index (κ2) is 17.8. The molecule has 0 aliphatic carbocycles. The van der Waals surface area contributed by atoms with Crippen LogP contribution in [0.2, 0.25) is 0 Å². The standard InChI is InChI=1S/C49H46N4O4/c1-34-46(32-53(30-35-12-4-2-5-13-35)31-36-14-6-3-7-15-36)56-49(57-47(34)39-22-20-37(33-54)21-23-39)40-26-24-38(25-27-40)42-17-9-8-16-41(42)28-51-48(55)45-29-50-43-18-10-11-19-44(43)52-45/h2-27,29,34,46-47,49,54H,28,30-33H2,1H3,(H,51,55). The Labute approximate surface area is 333 Å². The third kappa shape index (κ3) is 9.17. The Morgan fingerprint density at radius 2 is 1.30 bits per heavy atom. The van der Waals surface area contributed by atoms with Crippen LogP contribution in [-0.2, 0) is 35.7 Å². The lowest BCUT2D eigenvalue weighted by Crippen LogP contribution is -2.44. The Morgan fingerprint density at radius 1 is 0.684 bits per heavy atom. The number of aliphatic hydroxyl groups excluding tert-OH is 1. The number of benzene rings is 6. The van der Waals surface area contributed by atoms with E-state index in [2.05, 4.69) is 130 Å². The number of ether oxygens (including phenoxy) is 2. The van der Waals surface area contributed by atoms with Gasteiger partial charge < -0.3 is 19.9 Å². The zero-order chi connectivity index (χ0) is 39.0. The topological polar surface area (TPSA) is 96.8 Å². The fourth-order valence-corrected chi connectivity index (χ4v) is 7.56. The van der Waals surface area contributed by atoms with Gasteiger partial charge in [0.05, 0.1) is 36.0 Å². The predicted octanol–water partition coefficient (Wildman–Crippen LogP) is 9.21. The summed E-state index contributed by atoms with van der Waals surface area (Å²) in [6.45, 7) is 4.81. The first kappa shape index (κ1) is 37.9. The minimum absolute atomic E-state index is 0.00929. The van der Waals surface area contributed by atoms with Crippen LogP contribution in [0, 0.1) is 5.92 Å². The van der Waals surface area contributed by atoms with Gasteiger partial charge in [0.25, 0.3) is 5.91 Å². The third-order valence-corrected chi connectivity index (χ3v) is 10.7. The largest absolute Gasteiger partial charge is 0.392 e. The van der Waals surface area contributed by atoms with Crippen molar-refractivity contribution in [2.75, 3.05) is 6.54 Å². The molecule has 4 atom stereocenters. The van der Waals surface area contributed by atoms with Crippen LogP contribution >= 0.6 is 0 Å². The molecule has 0 radical (unpaired) electrons.